The van der Waals surface area contributed by atoms with Crippen LogP contribution in [0.2, 0.25) is 0 Å². The summed E-state index contributed by atoms with van der Waals surface area (Å²) in [5.74, 6) is 0.0512. The van der Waals surface area contributed by atoms with E-state index in [1.807, 2.05) is 26.0 Å². The van der Waals surface area contributed by atoms with Crippen molar-refractivity contribution in [3.8, 4) is 5.75 Å². The number of amides is 3. The van der Waals surface area contributed by atoms with E-state index in [-0.39, 0.29) is 12.2 Å². The molecule has 242 valence electrons. The van der Waals surface area contributed by atoms with E-state index in [1.54, 1.807) is 63.3 Å². The summed E-state index contributed by atoms with van der Waals surface area (Å²) >= 11 is 5.99. The van der Waals surface area contributed by atoms with Gasteiger partial charge in [-0.05, 0) is 57.2 Å². The van der Waals surface area contributed by atoms with E-state index in [1.165, 1.54) is 0 Å². The second-order valence-corrected chi connectivity index (χ2v) is 13.1. The fourth-order valence-electron chi connectivity index (χ4n) is 4.51. The standard InChI is InChI=1S/C33H42ClN5O6/c1-32(2,3)45-31(42)36-20-33(4,5)21-44-27-18-23(39-14-16-43-17-15-39)11-12-25(27)30(41)37-26-9-7-6-8-24(26)29(40)38-28-13-10-22(34)19-35-28/h6-13,18,35H,14-17,19-21H2,1-5H3,(H,36,42)(H,37,41)(H,38,40). The van der Waals surface area contributed by atoms with Crippen molar-refractivity contribution >= 4 is 40.9 Å². The third-order valence-electron chi connectivity index (χ3n) is 6.86. The summed E-state index contributed by atoms with van der Waals surface area (Å²) in [5, 5.41) is 12.2. The first-order valence-electron chi connectivity index (χ1n) is 14.9. The van der Waals surface area contributed by atoms with Gasteiger partial charge in [-0.25, -0.2) is 4.79 Å². The highest BCUT2D eigenvalue weighted by atomic mass is 35.5. The minimum atomic E-state index is -0.609. The van der Waals surface area contributed by atoms with Crippen LogP contribution in [0.1, 0.15) is 55.3 Å². The van der Waals surface area contributed by atoms with Crippen molar-refractivity contribution < 1.29 is 28.6 Å². The van der Waals surface area contributed by atoms with Gasteiger partial charge in [0, 0.05) is 41.8 Å². The number of carbonyl (C=O) groups is 3. The van der Waals surface area contributed by atoms with E-state index < -0.39 is 28.9 Å². The Morgan fingerprint density at radius 2 is 1.67 bits per heavy atom. The van der Waals surface area contributed by atoms with Gasteiger partial charge in [-0.2, -0.15) is 0 Å². The third kappa shape index (κ3) is 10.2. The molecule has 4 N–H and O–H groups in total. The first-order chi connectivity index (χ1) is 21.3. The first-order valence-corrected chi connectivity index (χ1v) is 15.3. The lowest BCUT2D eigenvalue weighted by atomic mass is 9.95. The normalized spacial score (nSPS) is 15.2. The molecule has 2 aromatic carbocycles. The second kappa shape index (κ2) is 14.7. The van der Waals surface area contributed by atoms with Crippen molar-refractivity contribution in [1.29, 1.82) is 0 Å². The maximum atomic E-state index is 13.7. The quantitative estimate of drug-likeness (QED) is 0.286. The fourth-order valence-corrected chi connectivity index (χ4v) is 4.64. The van der Waals surface area contributed by atoms with Crippen molar-refractivity contribution in [2.45, 2.75) is 40.2 Å². The second-order valence-electron chi connectivity index (χ2n) is 12.6. The van der Waals surface area contributed by atoms with Crippen molar-refractivity contribution in [2.75, 3.05) is 56.2 Å². The number of hydrogen-bond donors (Lipinski definition) is 4. The van der Waals surface area contributed by atoms with Gasteiger partial charge in [-0.15, -0.1) is 0 Å². The molecule has 0 bridgehead atoms. The molecule has 3 amide bonds. The highest BCUT2D eigenvalue weighted by Crippen LogP contribution is 2.30. The van der Waals surface area contributed by atoms with Crippen LogP contribution in [-0.2, 0) is 9.47 Å². The van der Waals surface area contributed by atoms with Crippen LogP contribution >= 0.6 is 11.6 Å². The fraction of sp³-hybridized carbons (Fsp3) is 0.424. The number of alkyl carbamates (subject to hydrolysis) is 1. The summed E-state index contributed by atoms with van der Waals surface area (Å²) in [7, 11) is 0. The Labute approximate surface area is 269 Å². The van der Waals surface area contributed by atoms with E-state index in [2.05, 4.69) is 26.2 Å². The number of halogens is 1. The number of rotatable bonds is 10. The number of para-hydroxylation sites is 1. The van der Waals surface area contributed by atoms with E-state index in [0.717, 1.165) is 5.69 Å². The Balaban J connectivity index is 1.52. The molecule has 2 heterocycles. The van der Waals surface area contributed by atoms with E-state index >= 15 is 0 Å². The van der Waals surface area contributed by atoms with Gasteiger partial charge in [-0.1, -0.05) is 37.6 Å². The van der Waals surface area contributed by atoms with Gasteiger partial charge in [0.25, 0.3) is 11.8 Å². The summed E-state index contributed by atoms with van der Waals surface area (Å²) in [4.78, 5) is 41.3. The van der Waals surface area contributed by atoms with Crippen LogP contribution in [0.3, 0.4) is 0 Å². The number of anilines is 2. The summed E-state index contributed by atoms with van der Waals surface area (Å²) in [6.07, 6.45) is 2.87. The third-order valence-corrected chi connectivity index (χ3v) is 7.12. The molecule has 45 heavy (non-hydrogen) atoms. The van der Waals surface area contributed by atoms with E-state index in [9.17, 15) is 14.4 Å². The van der Waals surface area contributed by atoms with Crippen LogP contribution in [0.25, 0.3) is 0 Å². The molecule has 0 atom stereocenters. The largest absolute Gasteiger partial charge is 0.492 e. The molecule has 2 aromatic rings. The number of dihydropyridines is 1. The molecule has 12 heteroatoms. The number of ether oxygens (including phenoxy) is 3. The maximum Gasteiger partial charge on any atom is 0.407 e. The molecule has 0 radical (unpaired) electrons. The highest BCUT2D eigenvalue weighted by Gasteiger charge is 2.25. The van der Waals surface area contributed by atoms with Gasteiger partial charge >= 0.3 is 6.09 Å². The van der Waals surface area contributed by atoms with Crippen LogP contribution in [0, 0.1) is 5.41 Å². The minimum absolute atomic E-state index is 0.204. The van der Waals surface area contributed by atoms with Crippen LogP contribution in [-0.4, -0.2) is 69.5 Å². The first kappa shape index (κ1) is 33.7. The number of nitrogens with one attached hydrogen (secondary N) is 4. The molecule has 4 rings (SSSR count). The summed E-state index contributed by atoms with van der Waals surface area (Å²) < 4.78 is 17.1. The molecule has 0 unspecified atom stereocenters. The molecular weight excluding hydrogens is 598 g/mol. The number of hydrogen-bond acceptors (Lipinski definition) is 8. The molecule has 2 aliphatic heterocycles. The van der Waals surface area contributed by atoms with Gasteiger partial charge in [0.1, 0.15) is 17.2 Å². The molecule has 2 aliphatic rings. The molecule has 1 fully saturated rings. The van der Waals surface area contributed by atoms with Gasteiger partial charge < -0.3 is 40.4 Å². The topological polar surface area (TPSA) is 130 Å². The lowest BCUT2D eigenvalue weighted by molar-refractivity contribution is 0.0492. The van der Waals surface area contributed by atoms with Crippen molar-refractivity contribution in [2.24, 2.45) is 5.41 Å². The Bertz CT molecular complexity index is 1460. The van der Waals surface area contributed by atoms with Crippen molar-refractivity contribution in [1.82, 2.24) is 16.0 Å². The zero-order valence-electron chi connectivity index (χ0n) is 26.4. The molecule has 0 spiro atoms. The van der Waals surface area contributed by atoms with Gasteiger partial charge in [-0.3, -0.25) is 9.59 Å². The zero-order valence-corrected chi connectivity index (χ0v) is 27.2. The number of benzene rings is 2. The minimum Gasteiger partial charge on any atom is -0.492 e. The lowest BCUT2D eigenvalue weighted by Crippen LogP contribution is -2.40. The predicted octanol–water partition coefficient (Wildman–Crippen LogP) is 5.00. The summed E-state index contributed by atoms with van der Waals surface area (Å²) in [6, 6.07) is 12.2. The van der Waals surface area contributed by atoms with E-state index in [4.69, 9.17) is 25.8 Å². The van der Waals surface area contributed by atoms with Crippen molar-refractivity contribution in [3.05, 3.63) is 76.6 Å². The number of carbonyl (C=O) groups excluding carboxylic acids is 3. The Morgan fingerprint density at radius 1 is 0.956 bits per heavy atom. The summed E-state index contributed by atoms with van der Waals surface area (Å²) in [6.45, 7) is 12.9. The maximum absolute atomic E-state index is 13.7. The SMILES string of the molecule is CC(C)(CNC(=O)OC(C)(C)C)COc1cc(N2CCOCC2)ccc1C(=O)Nc1ccccc1C(=O)NC1=CC=C(Cl)CN1. The smallest absolute Gasteiger partial charge is 0.407 e. The molecule has 1 saturated heterocycles. The Hall–Kier alpha value is -4.22. The average molecular weight is 640 g/mol. The van der Waals surface area contributed by atoms with Crippen LogP contribution in [0.4, 0.5) is 16.2 Å². The number of morpholine rings is 1. The van der Waals surface area contributed by atoms with Crippen LogP contribution in [0.5, 0.6) is 5.75 Å². The number of nitrogens with zero attached hydrogens (tertiary/aromatic N) is 1. The molecule has 0 aliphatic carbocycles. The van der Waals surface area contributed by atoms with Crippen LogP contribution < -0.4 is 30.9 Å². The molecule has 0 aromatic heterocycles. The van der Waals surface area contributed by atoms with E-state index in [0.29, 0.717) is 67.2 Å². The van der Waals surface area contributed by atoms with Gasteiger partial charge in [0.2, 0.25) is 0 Å². The van der Waals surface area contributed by atoms with Crippen molar-refractivity contribution in [3.63, 3.8) is 0 Å². The monoisotopic (exact) mass is 639 g/mol. The molecule has 0 saturated carbocycles. The molecule has 11 nitrogen and oxygen atoms in total. The molecular formula is C33H42ClN5O6. The van der Waals surface area contributed by atoms with Gasteiger partial charge in [0.05, 0.1) is 43.2 Å². The predicted molar refractivity (Wildman–Crippen MR) is 175 cm³/mol. The van der Waals surface area contributed by atoms with Gasteiger partial charge in [0.15, 0.2) is 0 Å². The zero-order chi connectivity index (χ0) is 32.6. The summed E-state index contributed by atoms with van der Waals surface area (Å²) in [5.41, 5.74) is 0.727. The lowest BCUT2D eigenvalue weighted by Gasteiger charge is -2.30. The number of allylic oxidation sites excluding steroid dienone is 2. The highest BCUT2D eigenvalue weighted by molar-refractivity contribution is 6.30. The average Bonchev–Trinajstić information content (AvgIpc) is 3.00. The Kier molecular flexibility index (Phi) is 11.0. The Morgan fingerprint density at radius 3 is 2.36 bits per heavy atom. The van der Waals surface area contributed by atoms with Crippen LogP contribution in [0.15, 0.2) is 65.5 Å².